The summed E-state index contributed by atoms with van der Waals surface area (Å²) in [7, 11) is 1.67. The second-order valence-electron chi connectivity index (χ2n) is 5.62. The van der Waals surface area contributed by atoms with E-state index in [9.17, 15) is 0 Å². The lowest BCUT2D eigenvalue weighted by molar-refractivity contribution is 0.257. The van der Waals surface area contributed by atoms with Crippen LogP contribution in [-0.2, 0) is 0 Å². The molecule has 1 rings (SSSR count). The third-order valence-corrected chi connectivity index (χ3v) is 3.34. The highest BCUT2D eigenvalue weighted by Gasteiger charge is 2.10. The average Bonchev–Trinajstić information content (AvgIpc) is 2.44. The van der Waals surface area contributed by atoms with Gasteiger partial charge in [0.05, 0.1) is 13.7 Å². The highest BCUT2D eigenvalue weighted by Crippen LogP contribution is 2.19. The van der Waals surface area contributed by atoms with Crippen LogP contribution in [-0.4, -0.2) is 26.8 Å². The molecule has 0 heterocycles. The van der Waals surface area contributed by atoms with Gasteiger partial charge in [-0.2, -0.15) is 0 Å². The Morgan fingerprint density at radius 2 is 1.75 bits per heavy atom. The predicted molar refractivity (Wildman–Crippen MR) is 84.6 cm³/mol. The molecule has 1 aromatic carbocycles. The summed E-state index contributed by atoms with van der Waals surface area (Å²) in [6, 6.07) is 7.78. The van der Waals surface area contributed by atoms with E-state index in [0.717, 1.165) is 43.5 Å². The molecule has 1 atom stereocenters. The average molecular weight is 279 g/mol. The van der Waals surface area contributed by atoms with Gasteiger partial charge in [0, 0.05) is 0 Å². The van der Waals surface area contributed by atoms with Gasteiger partial charge in [-0.3, -0.25) is 0 Å². The van der Waals surface area contributed by atoms with Crippen LogP contribution in [0.25, 0.3) is 0 Å². The Morgan fingerprint density at radius 1 is 1.10 bits per heavy atom. The van der Waals surface area contributed by atoms with Crippen LogP contribution < -0.4 is 14.8 Å². The third-order valence-electron chi connectivity index (χ3n) is 3.34. The molecule has 0 aliphatic heterocycles. The van der Waals surface area contributed by atoms with Crippen molar-refractivity contribution in [3.63, 3.8) is 0 Å². The minimum Gasteiger partial charge on any atom is -0.497 e. The predicted octanol–water partition coefficient (Wildman–Crippen LogP) is 3.74. The van der Waals surface area contributed by atoms with Crippen molar-refractivity contribution >= 4 is 0 Å². The van der Waals surface area contributed by atoms with Crippen LogP contribution in [0, 0.1) is 11.8 Å². The second kappa shape index (κ2) is 9.65. The van der Waals surface area contributed by atoms with Crippen LogP contribution in [0.15, 0.2) is 24.3 Å². The molecule has 3 heteroatoms. The second-order valence-corrected chi connectivity index (χ2v) is 5.62. The molecule has 0 amide bonds. The highest BCUT2D eigenvalue weighted by molar-refractivity contribution is 5.31. The summed E-state index contributed by atoms with van der Waals surface area (Å²) >= 11 is 0. The molecule has 1 unspecified atom stereocenters. The standard InChI is InChI=1S/C17H29NO2/c1-5-18-13-15(12-14(2)3)10-11-20-17-8-6-16(19-4)7-9-17/h6-9,14-15,18H,5,10-13H2,1-4H3. The van der Waals surface area contributed by atoms with E-state index in [-0.39, 0.29) is 0 Å². The number of methoxy groups -OCH3 is 1. The number of hydrogen-bond acceptors (Lipinski definition) is 3. The summed E-state index contributed by atoms with van der Waals surface area (Å²) in [6.45, 7) is 9.61. The van der Waals surface area contributed by atoms with Crippen molar-refractivity contribution < 1.29 is 9.47 Å². The molecule has 0 saturated heterocycles. The zero-order valence-electron chi connectivity index (χ0n) is 13.3. The quantitative estimate of drug-likeness (QED) is 0.708. The molecule has 3 nitrogen and oxygen atoms in total. The molecule has 114 valence electrons. The van der Waals surface area contributed by atoms with E-state index in [2.05, 4.69) is 26.1 Å². The molecule has 0 aliphatic carbocycles. The van der Waals surface area contributed by atoms with Gasteiger partial charge in [0.1, 0.15) is 11.5 Å². The Balaban J connectivity index is 2.34. The lowest BCUT2D eigenvalue weighted by Gasteiger charge is -2.19. The van der Waals surface area contributed by atoms with Crippen molar-refractivity contribution in [3.05, 3.63) is 24.3 Å². The summed E-state index contributed by atoms with van der Waals surface area (Å²) in [6.07, 6.45) is 2.34. The molecule has 0 radical (unpaired) electrons. The van der Waals surface area contributed by atoms with Crippen LogP contribution in [0.3, 0.4) is 0 Å². The zero-order valence-corrected chi connectivity index (χ0v) is 13.3. The van der Waals surface area contributed by atoms with Crippen molar-refractivity contribution in [2.24, 2.45) is 11.8 Å². The summed E-state index contributed by atoms with van der Waals surface area (Å²) in [5.41, 5.74) is 0. The Bertz CT molecular complexity index is 349. The summed E-state index contributed by atoms with van der Waals surface area (Å²) in [4.78, 5) is 0. The summed E-state index contributed by atoms with van der Waals surface area (Å²) in [5.74, 6) is 3.20. The topological polar surface area (TPSA) is 30.5 Å². The number of benzene rings is 1. The lowest BCUT2D eigenvalue weighted by atomic mass is 9.94. The molecule has 20 heavy (non-hydrogen) atoms. The van der Waals surface area contributed by atoms with Crippen LogP contribution in [0.5, 0.6) is 11.5 Å². The van der Waals surface area contributed by atoms with E-state index < -0.39 is 0 Å². The first kappa shape index (κ1) is 16.8. The minimum absolute atomic E-state index is 0.688. The van der Waals surface area contributed by atoms with Crippen molar-refractivity contribution in [3.8, 4) is 11.5 Å². The van der Waals surface area contributed by atoms with Crippen molar-refractivity contribution in [2.75, 3.05) is 26.8 Å². The van der Waals surface area contributed by atoms with E-state index in [4.69, 9.17) is 9.47 Å². The molecule has 0 fully saturated rings. The lowest BCUT2D eigenvalue weighted by Crippen LogP contribution is -2.25. The van der Waals surface area contributed by atoms with Gasteiger partial charge < -0.3 is 14.8 Å². The monoisotopic (exact) mass is 279 g/mol. The first-order valence-electron chi connectivity index (χ1n) is 7.63. The van der Waals surface area contributed by atoms with E-state index >= 15 is 0 Å². The van der Waals surface area contributed by atoms with E-state index in [1.165, 1.54) is 6.42 Å². The van der Waals surface area contributed by atoms with Crippen molar-refractivity contribution in [2.45, 2.75) is 33.6 Å². The first-order valence-corrected chi connectivity index (χ1v) is 7.63. The number of nitrogens with one attached hydrogen (secondary N) is 1. The SMILES string of the molecule is CCNCC(CCOc1ccc(OC)cc1)CC(C)C. The van der Waals surface area contributed by atoms with Gasteiger partial charge in [0.2, 0.25) is 0 Å². The minimum atomic E-state index is 0.688. The Kier molecular flexibility index (Phi) is 8.12. The van der Waals surface area contributed by atoms with Gasteiger partial charge >= 0.3 is 0 Å². The summed E-state index contributed by atoms with van der Waals surface area (Å²) < 4.78 is 11.0. The molecule has 0 aromatic heterocycles. The van der Waals surface area contributed by atoms with Crippen molar-refractivity contribution in [1.82, 2.24) is 5.32 Å². The Morgan fingerprint density at radius 3 is 2.30 bits per heavy atom. The van der Waals surface area contributed by atoms with Gasteiger partial charge in [0.15, 0.2) is 0 Å². The van der Waals surface area contributed by atoms with Gasteiger partial charge in [-0.25, -0.2) is 0 Å². The van der Waals surface area contributed by atoms with E-state index in [0.29, 0.717) is 5.92 Å². The van der Waals surface area contributed by atoms with E-state index in [1.54, 1.807) is 7.11 Å². The summed E-state index contributed by atoms with van der Waals surface area (Å²) in [5, 5.41) is 3.45. The van der Waals surface area contributed by atoms with E-state index in [1.807, 2.05) is 24.3 Å². The number of rotatable bonds is 10. The smallest absolute Gasteiger partial charge is 0.119 e. The van der Waals surface area contributed by atoms with Crippen LogP contribution in [0.4, 0.5) is 0 Å². The fourth-order valence-electron chi connectivity index (χ4n) is 2.33. The Labute approximate surface area is 123 Å². The van der Waals surface area contributed by atoms with Crippen LogP contribution in [0.2, 0.25) is 0 Å². The molecular weight excluding hydrogens is 250 g/mol. The van der Waals surface area contributed by atoms with Gasteiger partial charge in [-0.15, -0.1) is 0 Å². The maximum Gasteiger partial charge on any atom is 0.119 e. The van der Waals surface area contributed by atoms with Crippen LogP contribution in [0.1, 0.15) is 33.6 Å². The first-order chi connectivity index (χ1) is 9.65. The van der Waals surface area contributed by atoms with Gasteiger partial charge in [-0.1, -0.05) is 20.8 Å². The third kappa shape index (κ3) is 6.80. The zero-order chi connectivity index (χ0) is 14.8. The van der Waals surface area contributed by atoms with Gasteiger partial charge in [-0.05, 0) is 62.0 Å². The normalized spacial score (nSPS) is 12.4. The highest BCUT2D eigenvalue weighted by atomic mass is 16.5. The molecular formula is C17H29NO2. The molecule has 0 saturated carbocycles. The molecule has 1 aromatic rings. The molecule has 1 N–H and O–H groups in total. The largest absolute Gasteiger partial charge is 0.497 e. The molecule has 0 spiro atoms. The number of hydrogen-bond donors (Lipinski definition) is 1. The molecule has 0 bridgehead atoms. The maximum absolute atomic E-state index is 5.81. The maximum atomic E-state index is 5.81. The van der Waals surface area contributed by atoms with Crippen molar-refractivity contribution in [1.29, 1.82) is 0 Å². The van der Waals surface area contributed by atoms with Crippen LogP contribution >= 0.6 is 0 Å². The molecule has 0 aliphatic rings. The number of ether oxygens (including phenoxy) is 2. The van der Waals surface area contributed by atoms with Gasteiger partial charge in [0.25, 0.3) is 0 Å². The fourth-order valence-corrected chi connectivity index (χ4v) is 2.33. The Hall–Kier alpha value is -1.22. The fraction of sp³-hybridized carbons (Fsp3) is 0.647.